The Hall–Kier alpha value is -3.62. The molecule has 0 saturated carbocycles. The number of imidazole rings is 1. The number of hydrogen-bond donors (Lipinski definition) is 3. The minimum absolute atomic E-state index is 0.0447. The van der Waals surface area contributed by atoms with Gasteiger partial charge in [0, 0.05) is 47.5 Å². The van der Waals surface area contributed by atoms with E-state index in [2.05, 4.69) is 34.1 Å². The number of benzene rings is 2. The number of pyridine rings is 1. The molecule has 1 saturated heterocycles. The Morgan fingerprint density at radius 3 is 2.60 bits per heavy atom. The molecular weight excluding hydrogens is 464 g/mol. The zero-order valence-electron chi connectivity index (χ0n) is 19.6. The first-order chi connectivity index (χ1) is 16.9. The van der Waals surface area contributed by atoms with Crippen LogP contribution in [-0.2, 0) is 6.61 Å². The highest BCUT2D eigenvalue weighted by Gasteiger charge is 2.25. The summed E-state index contributed by atoms with van der Waals surface area (Å²) in [5.74, 6) is 1.46. The molecule has 4 aromatic rings. The number of ether oxygens (including phenoxy) is 1. The Morgan fingerprint density at radius 2 is 1.86 bits per heavy atom. The molecule has 35 heavy (non-hydrogen) atoms. The summed E-state index contributed by atoms with van der Waals surface area (Å²) >= 11 is 6.05. The number of nitrogens with one attached hydrogen (secondary N) is 2. The zero-order valence-corrected chi connectivity index (χ0v) is 20.3. The number of nitrogens with two attached hydrogens (primary N) is 1. The fourth-order valence-electron chi connectivity index (χ4n) is 4.46. The van der Waals surface area contributed by atoms with Gasteiger partial charge in [-0.05, 0) is 55.8 Å². The number of carbonyl (C=O) groups is 1. The molecular formula is C26H27ClN6O2. The summed E-state index contributed by atoms with van der Waals surface area (Å²) in [5.41, 5.74) is 10.1. The number of nitrogens with zero attached hydrogens (tertiary/aromatic N) is 3. The number of piperazine rings is 1. The van der Waals surface area contributed by atoms with E-state index >= 15 is 0 Å². The number of halogens is 1. The van der Waals surface area contributed by atoms with Gasteiger partial charge in [-0.25, -0.2) is 9.97 Å². The molecule has 2 aromatic heterocycles. The van der Waals surface area contributed by atoms with Crippen molar-refractivity contribution in [2.45, 2.75) is 32.5 Å². The number of amides is 1. The molecule has 9 heteroatoms. The van der Waals surface area contributed by atoms with Gasteiger partial charge >= 0.3 is 0 Å². The van der Waals surface area contributed by atoms with Crippen molar-refractivity contribution in [3.05, 3.63) is 71.1 Å². The van der Waals surface area contributed by atoms with Crippen molar-refractivity contribution in [2.24, 2.45) is 0 Å². The quantitative estimate of drug-likeness (QED) is 0.385. The smallest absolute Gasteiger partial charge is 0.253 e. The summed E-state index contributed by atoms with van der Waals surface area (Å²) in [6.07, 6.45) is 1.70. The van der Waals surface area contributed by atoms with Crippen LogP contribution in [-0.4, -0.2) is 50.9 Å². The lowest BCUT2D eigenvalue weighted by molar-refractivity contribution is 0.0674. The lowest BCUT2D eigenvalue weighted by atomic mass is 10.0. The first kappa shape index (κ1) is 23.1. The molecule has 3 heterocycles. The first-order valence-electron chi connectivity index (χ1n) is 11.5. The molecule has 8 nitrogen and oxygen atoms in total. The second-order valence-electron chi connectivity index (χ2n) is 9.00. The summed E-state index contributed by atoms with van der Waals surface area (Å²) in [4.78, 5) is 26.9. The Balaban J connectivity index is 1.30. The molecule has 2 unspecified atom stereocenters. The number of nitrogen functional groups attached to an aromatic ring is 1. The standard InChI is InChI=1S/C26H27ClN6O2/c1-15-12-33(13-16(2)30-15)26(34)18-5-3-17(4-6-18)19-9-23(25(28)29-11-19)35-14-24-31-21-8-7-20(27)10-22(21)32-24/h3-11,15-16,30H,12-14H2,1-2H3,(H2,28,29)(H,31,32). The van der Waals surface area contributed by atoms with Crippen LogP contribution in [0.2, 0.25) is 5.02 Å². The average molecular weight is 491 g/mol. The summed E-state index contributed by atoms with van der Waals surface area (Å²) in [5, 5.41) is 4.09. The number of carbonyl (C=O) groups excluding carboxylic acids is 1. The molecule has 0 bridgehead atoms. The van der Waals surface area contributed by atoms with Gasteiger partial charge in [-0.1, -0.05) is 23.7 Å². The van der Waals surface area contributed by atoms with E-state index in [4.69, 9.17) is 22.1 Å². The van der Waals surface area contributed by atoms with Crippen LogP contribution in [0.25, 0.3) is 22.2 Å². The lowest BCUT2D eigenvalue weighted by Gasteiger charge is -2.36. The van der Waals surface area contributed by atoms with Gasteiger partial charge in [0.25, 0.3) is 5.91 Å². The van der Waals surface area contributed by atoms with Crippen LogP contribution >= 0.6 is 11.6 Å². The Bertz CT molecular complexity index is 1360. The molecule has 2 atom stereocenters. The van der Waals surface area contributed by atoms with Crippen molar-refractivity contribution in [1.82, 2.24) is 25.2 Å². The third-order valence-corrected chi connectivity index (χ3v) is 6.28. The third kappa shape index (κ3) is 5.08. The minimum atomic E-state index is 0.0447. The van der Waals surface area contributed by atoms with Crippen LogP contribution in [0.5, 0.6) is 5.75 Å². The van der Waals surface area contributed by atoms with Crippen molar-refractivity contribution >= 4 is 34.4 Å². The van der Waals surface area contributed by atoms with E-state index in [9.17, 15) is 4.79 Å². The van der Waals surface area contributed by atoms with Crippen LogP contribution in [0, 0.1) is 0 Å². The van der Waals surface area contributed by atoms with Crippen LogP contribution < -0.4 is 15.8 Å². The molecule has 1 amide bonds. The predicted octanol–water partition coefficient (Wildman–Crippen LogP) is 4.26. The van der Waals surface area contributed by atoms with Gasteiger partial charge in [0.05, 0.1) is 11.0 Å². The molecule has 4 N–H and O–H groups in total. The second kappa shape index (κ2) is 9.56. The molecule has 0 spiro atoms. The highest BCUT2D eigenvalue weighted by Crippen LogP contribution is 2.28. The summed E-state index contributed by atoms with van der Waals surface area (Å²) in [7, 11) is 0. The molecule has 0 aliphatic carbocycles. The normalized spacial score (nSPS) is 18.1. The Morgan fingerprint density at radius 1 is 1.11 bits per heavy atom. The first-order valence-corrected chi connectivity index (χ1v) is 11.9. The number of hydrogen-bond acceptors (Lipinski definition) is 6. The van der Waals surface area contributed by atoms with Gasteiger partial charge in [0.15, 0.2) is 11.6 Å². The van der Waals surface area contributed by atoms with Crippen molar-refractivity contribution in [3.63, 3.8) is 0 Å². The van der Waals surface area contributed by atoms with Crippen molar-refractivity contribution in [2.75, 3.05) is 18.8 Å². The highest BCUT2D eigenvalue weighted by molar-refractivity contribution is 6.31. The van der Waals surface area contributed by atoms with Crippen LogP contribution in [0.1, 0.15) is 30.0 Å². The molecule has 1 fully saturated rings. The van der Waals surface area contributed by atoms with E-state index in [1.807, 2.05) is 47.4 Å². The van der Waals surface area contributed by atoms with Gasteiger partial charge in [-0.3, -0.25) is 4.79 Å². The molecule has 180 valence electrons. The molecule has 1 aliphatic heterocycles. The Kier molecular flexibility index (Phi) is 6.32. The van der Waals surface area contributed by atoms with Crippen LogP contribution in [0.3, 0.4) is 0 Å². The number of aromatic nitrogens is 3. The fourth-order valence-corrected chi connectivity index (χ4v) is 4.63. The van der Waals surface area contributed by atoms with Gasteiger partial charge in [-0.2, -0.15) is 0 Å². The lowest BCUT2D eigenvalue weighted by Crippen LogP contribution is -2.55. The SMILES string of the molecule is CC1CN(C(=O)c2ccc(-c3cnc(N)c(OCc4nc5ccc(Cl)cc5[nH]4)c3)cc2)CC(C)N1. The van der Waals surface area contributed by atoms with E-state index < -0.39 is 0 Å². The molecule has 1 aliphatic rings. The summed E-state index contributed by atoms with van der Waals surface area (Å²) in [6.45, 7) is 5.79. The number of aromatic amines is 1. The van der Waals surface area contributed by atoms with Crippen molar-refractivity contribution in [1.29, 1.82) is 0 Å². The molecule has 2 aromatic carbocycles. The Labute approximate surface area is 208 Å². The van der Waals surface area contributed by atoms with Gasteiger partial charge in [0.1, 0.15) is 12.4 Å². The fraction of sp³-hybridized carbons (Fsp3) is 0.269. The summed E-state index contributed by atoms with van der Waals surface area (Å²) in [6, 6.07) is 15.4. The highest BCUT2D eigenvalue weighted by atomic mass is 35.5. The number of anilines is 1. The zero-order chi connectivity index (χ0) is 24.5. The maximum absolute atomic E-state index is 13.0. The number of H-pyrrole nitrogens is 1. The minimum Gasteiger partial charge on any atom is -0.482 e. The van der Waals surface area contributed by atoms with E-state index in [1.54, 1.807) is 12.3 Å². The van der Waals surface area contributed by atoms with Crippen LogP contribution in [0.15, 0.2) is 54.7 Å². The van der Waals surface area contributed by atoms with E-state index in [1.165, 1.54) is 0 Å². The van der Waals surface area contributed by atoms with Gasteiger partial charge in [-0.15, -0.1) is 0 Å². The number of rotatable bonds is 5. The monoisotopic (exact) mass is 490 g/mol. The van der Waals surface area contributed by atoms with Gasteiger partial charge < -0.3 is 25.7 Å². The van der Waals surface area contributed by atoms with E-state index in [0.29, 0.717) is 41.1 Å². The third-order valence-electron chi connectivity index (χ3n) is 6.05. The predicted molar refractivity (Wildman–Crippen MR) is 137 cm³/mol. The second-order valence-corrected chi connectivity index (χ2v) is 9.43. The summed E-state index contributed by atoms with van der Waals surface area (Å²) < 4.78 is 5.93. The maximum Gasteiger partial charge on any atom is 0.253 e. The largest absolute Gasteiger partial charge is 0.482 e. The average Bonchev–Trinajstić information content (AvgIpc) is 3.24. The molecule has 0 radical (unpaired) electrons. The van der Waals surface area contributed by atoms with Gasteiger partial charge in [0.2, 0.25) is 0 Å². The maximum atomic E-state index is 13.0. The van der Waals surface area contributed by atoms with Crippen molar-refractivity contribution in [3.8, 4) is 16.9 Å². The molecule has 5 rings (SSSR count). The van der Waals surface area contributed by atoms with E-state index in [-0.39, 0.29) is 24.6 Å². The van der Waals surface area contributed by atoms with E-state index in [0.717, 1.165) is 22.2 Å². The van der Waals surface area contributed by atoms with Crippen LogP contribution in [0.4, 0.5) is 5.82 Å². The topological polar surface area (TPSA) is 109 Å². The number of fused-ring (bicyclic) bond motifs is 1. The van der Waals surface area contributed by atoms with Crippen molar-refractivity contribution < 1.29 is 9.53 Å².